The summed E-state index contributed by atoms with van der Waals surface area (Å²) in [4.78, 5) is 11.1. The summed E-state index contributed by atoms with van der Waals surface area (Å²) in [6.07, 6.45) is 6.18. The van der Waals surface area contributed by atoms with Crippen LogP contribution in [0.3, 0.4) is 0 Å². The van der Waals surface area contributed by atoms with E-state index in [0.29, 0.717) is 12.2 Å². The predicted octanol–water partition coefficient (Wildman–Crippen LogP) is 4.04. The Labute approximate surface area is 99.7 Å². The van der Waals surface area contributed by atoms with Gasteiger partial charge in [0, 0.05) is 6.42 Å². The molecule has 0 N–H and O–H groups in total. The Morgan fingerprint density at radius 1 is 1.25 bits per heavy atom. The van der Waals surface area contributed by atoms with Crippen LogP contribution < -0.4 is 0 Å². The summed E-state index contributed by atoms with van der Waals surface area (Å²) >= 11 is 0. The van der Waals surface area contributed by atoms with Crippen molar-refractivity contribution in [2.45, 2.75) is 41.0 Å². The number of esters is 1. The van der Waals surface area contributed by atoms with Crippen molar-refractivity contribution < 1.29 is 9.53 Å². The van der Waals surface area contributed by atoms with E-state index in [1.807, 2.05) is 46.8 Å². The highest BCUT2D eigenvalue weighted by Crippen LogP contribution is 2.18. The van der Waals surface area contributed by atoms with Gasteiger partial charge in [0.15, 0.2) is 0 Å². The molecule has 0 unspecified atom stereocenters. The first-order valence-electron chi connectivity index (χ1n) is 5.95. The van der Waals surface area contributed by atoms with Crippen LogP contribution in [0.2, 0.25) is 0 Å². The average Bonchev–Trinajstić information content (AvgIpc) is 2.35. The van der Waals surface area contributed by atoms with Gasteiger partial charge in [-0.05, 0) is 12.5 Å². The van der Waals surface area contributed by atoms with Crippen LogP contribution in [0.25, 0.3) is 0 Å². The largest absolute Gasteiger partial charge is 0.462 e. The van der Waals surface area contributed by atoms with Crippen molar-refractivity contribution in [1.82, 2.24) is 0 Å². The lowest BCUT2D eigenvalue weighted by Crippen LogP contribution is -2.15. The van der Waals surface area contributed by atoms with Gasteiger partial charge in [-0.15, -0.1) is 0 Å². The van der Waals surface area contributed by atoms with Crippen molar-refractivity contribution in [3.05, 3.63) is 36.0 Å². The second-order valence-corrected chi connectivity index (χ2v) is 2.53. The van der Waals surface area contributed by atoms with E-state index in [9.17, 15) is 4.79 Å². The van der Waals surface area contributed by atoms with E-state index in [1.165, 1.54) is 0 Å². The quantitative estimate of drug-likeness (QED) is 0.661. The maximum Gasteiger partial charge on any atom is 0.338 e. The lowest BCUT2D eigenvalue weighted by molar-refractivity contribution is -0.139. The molecule has 1 rings (SSSR count). The van der Waals surface area contributed by atoms with Crippen molar-refractivity contribution in [1.29, 1.82) is 0 Å². The third kappa shape index (κ3) is 5.54. The summed E-state index contributed by atoms with van der Waals surface area (Å²) in [5.41, 5.74) is 1.61. The molecule has 0 spiro atoms. The molecule has 2 nitrogen and oxygen atoms in total. The summed E-state index contributed by atoms with van der Waals surface area (Å²) in [6.45, 7) is 14.0. The zero-order valence-corrected chi connectivity index (χ0v) is 11.2. The summed E-state index contributed by atoms with van der Waals surface area (Å²) in [5, 5.41) is 0. The van der Waals surface area contributed by atoms with E-state index >= 15 is 0 Å². The molecule has 92 valence electrons. The number of carbonyl (C=O) groups excluding carboxylic acids is 1. The molecule has 0 bridgehead atoms. The van der Waals surface area contributed by atoms with Crippen molar-refractivity contribution in [3.63, 3.8) is 0 Å². The third-order valence-corrected chi connectivity index (χ3v) is 1.74. The lowest BCUT2D eigenvalue weighted by Gasteiger charge is -2.14. The molecule has 1 aliphatic rings. The molecule has 0 aromatic rings. The molecular weight excluding hydrogens is 200 g/mol. The molecule has 2 heteroatoms. The molecule has 0 atom stereocenters. The number of rotatable bonds is 2. The first-order chi connectivity index (χ1) is 7.79. The fourth-order valence-electron chi connectivity index (χ4n) is 1.19. The van der Waals surface area contributed by atoms with Crippen LogP contribution >= 0.6 is 0 Å². The van der Waals surface area contributed by atoms with Gasteiger partial charge in [0.1, 0.15) is 0 Å². The van der Waals surface area contributed by atoms with Crippen molar-refractivity contribution in [3.8, 4) is 0 Å². The van der Waals surface area contributed by atoms with Gasteiger partial charge >= 0.3 is 5.97 Å². The molecule has 0 aliphatic carbocycles. The maximum atomic E-state index is 11.1. The lowest BCUT2D eigenvalue weighted by atomic mass is 10.0. The zero-order chi connectivity index (χ0) is 13.0. The van der Waals surface area contributed by atoms with Crippen molar-refractivity contribution in [2.75, 3.05) is 6.61 Å². The summed E-state index contributed by atoms with van der Waals surface area (Å²) in [5.74, 6) is -0.260. The smallest absolute Gasteiger partial charge is 0.338 e. The topological polar surface area (TPSA) is 26.3 Å². The Hall–Kier alpha value is -1.31. The molecule has 0 saturated heterocycles. The molecule has 0 aromatic carbocycles. The molecule has 1 heterocycles. The van der Waals surface area contributed by atoms with Crippen LogP contribution in [-0.2, 0) is 9.53 Å². The number of ether oxygens (including phenoxy) is 1. The van der Waals surface area contributed by atoms with E-state index in [0.717, 1.165) is 12.0 Å². The number of carbonyl (C=O) groups is 1. The van der Waals surface area contributed by atoms with Crippen LogP contribution in [0.15, 0.2) is 36.0 Å². The Morgan fingerprint density at radius 2 is 1.81 bits per heavy atom. The van der Waals surface area contributed by atoms with E-state index in [2.05, 4.69) is 6.58 Å². The SMILES string of the molecule is C=CC1=C(/C=C\C)CCOC1=O.CC.CC. The van der Waals surface area contributed by atoms with E-state index in [1.54, 1.807) is 6.08 Å². The molecule has 0 aromatic heterocycles. The molecule has 1 aliphatic heterocycles. The first kappa shape index (κ1) is 17.1. The summed E-state index contributed by atoms with van der Waals surface area (Å²) < 4.78 is 4.86. The fourth-order valence-corrected chi connectivity index (χ4v) is 1.19. The van der Waals surface area contributed by atoms with Crippen LogP contribution in [-0.4, -0.2) is 12.6 Å². The van der Waals surface area contributed by atoms with Crippen LogP contribution in [0.1, 0.15) is 41.0 Å². The van der Waals surface area contributed by atoms with E-state index in [-0.39, 0.29) is 5.97 Å². The number of hydrogen-bond acceptors (Lipinski definition) is 2. The fraction of sp³-hybridized carbons (Fsp3) is 0.500. The molecule has 0 amide bonds. The van der Waals surface area contributed by atoms with Gasteiger partial charge in [-0.3, -0.25) is 0 Å². The first-order valence-corrected chi connectivity index (χ1v) is 5.95. The van der Waals surface area contributed by atoms with Crippen molar-refractivity contribution >= 4 is 5.97 Å². The normalized spacial score (nSPS) is 14.4. The molecule has 0 radical (unpaired) electrons. The van der Waals surface area contributed by atoms with E-state index in [4.69, 9.17) is 4.74 Å². The minimum Gasteiger partial charge on any atom is -0.462 e. The molecule has 0 fully saturated rings. The van der Waals surface area contributed by atoms with Crippen LogP contribution in [0.4, 0.5) is 0 Å². The highest BCUT2D eigenvalue weighted by atomic mass is 16.5. The number of allylic oxidation sites excluding steroid dienone is 2. The Morgan fingerprint density at radius 3 is 2.25 bits per heavy atom. The monoisotopic (exact) mass is 224 g/mol. The number of hydrogen-bond donors (Lipinski definition) is 0. The third-order valence-electron chi connectivity index (χ3n) is 1.74. The predicted molar refractivity (Wildman–Crippen MR) is 70.3 cm³/mol. The zero-order valence-electron chi connectivity index (χ0n) is 11.2. The minimum atomic E-state index is -0.260. The summed E-state index contributed by atoms with van der Waals surface area (Å²) in [6, 6.07) is 0. The van der Waals surface area contributed by atoms with Gasteiger partial charge < -0.3 is 4.74 Å². The average molecular weight is 224 g/mol. The standard InChI is InChI=1S/C10H12O2.2C2H6/c1-3-5-8-6-7-12-10(11)9(8)4-2;2*1-2/h3-5H,2,6-7H2,1H3;2*1-2H3/b5-3-;;. The van der Waals surface area contributed by atoms with Crippen LogP contribution in [0.5, 0.6) is 0 Å². The van der Waals surface area contributed by atoms with Crippen LogP contribution in [0, 0.1) is 0 Å². The van der Waals surface area contributed by atoms with E-state index < -0.39 is 0 Å². The highest BCUT2D eigenvalue weighted by Gasteiger charge is 2.16. The van der Waals surface area contributed by atoms with Gasteiger partial charge in [0.2, 0.25) is 0 Å². The Bertz CT molecular complexity index is 260. The molecule has 0 saturated carbocycles. The van der Waals surface area contributed by atoms with Gasteiger partial charge in [-0.1, -0.05) is 52.5 Å². The maximum absolute atomic E-state index is 11.1. The number of cyclic esters (lactones) is 1. The molecular formula is C14H24O2. The highest BCUT2D eigenvalue weighted by molar-refractivity contribution is 5.93. The van der Waals surface area contributed by atoms with Crippen molar-refractivity contribution in [2.24, 2.45) is 0 Å². The molecule has 16 heavy (non-hydrogen) atoms. The van der Waals surface area contributed by atoms with Gasteiger partial charge in [-0.2, -0.15) is 0 Å². The second kappa shape index (κ2) is 11.8. The van der Waals surface area contributed by atoms with Gasteiger partial charge in [0.05, 0.1) is 12.2 Å². The Kier molecular flexibility index (Phi) is 12.6. The second-order valence-electron chi connectivity index (χ2n) is 2.53. The summed E-state index contributed by atoms with van der Waals surface area (Å²) in [7, 11) is 0. The van der Waals surface area contributed by atoms with Gasteiger partial charge in [-0.25, -0.2) is 4.79 Å². The van der Waals surface area contributed by atoms with Gasteiger partial charge in [0.25, 0.3) is 0 Å². The minimum absolute atomic E-state index is 0.260. The Balaban J connectivity index is 0.